The van der Waals surface area contributed by atoms with Crippen molar-refractivity contribution in [3.05, 3.63) is 0 Å². The number of ether oxygens (including phenoxy) is 2. The van der Waals surface area contributed by atoms with Crippen LogP contribution in [0.4, 0.5) is 0 Å². The van der Waals surface area contributed by atoms with Crippen molar-refractivity contribution < 1.29 is 14.3 Å². The lowest BCUT2D eigenvalue weighted by Gasteiger charge is -2.30. The first-order valence-electron chi connectivity index (χ1n) is 5.72. The van der Waals surface area contributed by atoms with E-state index in [0.717, 1.165) is 25.9 Å². The molecule has 0 spiro atoms. The van der Waals surface area contributed by atoms with Crippen molar-refractivity contribution in [3.63, 3.8) is 0 Å². The van der Waals surface area contributed by atoms with E-state index in [1.54, 1.807) is 0 Å². The molecule has 0 aliphatic carbocycles. The van der Waals surface area contributed by atoms with Crippen LogP contribution in [0.5, 0.6) is 0 Å². The van der Waals surface area contributed by atoms with Crippen LogP contribution in [0.25, 0.3) is 0 Å². The van der Waals surface area contributed by atoms with Crippen molar-refractivity contribution in [1.82, 2.24) is 4.90 Å². The van der Waals surface area contributed by atoms with E-state index < -0.39 is 0 Å². The molecule has 0 aromatic heterocycles. The lowest BCUT2D eigenvalue weighted by atomic mass is 10.3. The number of morpholine rings is 1. The quantitative estimate of drug-likeness (QED) is 0.507. The van der Waals surface area contributed by atoms with E-state index in [1.807, 2.05) is 6.92 Å². The SMILES string of the molecule is CCCCOC(=O)CN1CCOC(C)C1. The van der Waals surface area contributed by atoms with Gasteiger partial charge in [0.15, 0.2) is 0 Å². The molecule has 1 fully saturated rings. The Kier molecular flexibility index (Phi) is 5.65. The molecule has 1 unspecified atom stereocenters. The number of hydrogen-bond donors (Lipinski definition) is 0. The van der Waals surface area contributed by atoms with Gasteiger partial charge in [0, 0.05) is 13.1 Å². The molecular weight excluding hydrogens is 194 g/mol. The molecule has 1 heterocycles. The number of rotatable bonds is 5. The monoisotopic (exact) mass is 215 g/mol. The third-order valence-electron chi connectivity index (χ3n) is 2.44. The van der Waals surface area contributed by atoms with Gasteiger partial charge in [-0.05, 0) is 13.3 Å². The van der Waals surface area contributed by atoms with Crippen molar-refractivity contribution in [3.8, 4) is 0 Å². The Morgan fingerprint density at radius 2 is 2.40 bits per heavy atom. The smallest absolute Gasteiger partial charge is 0.320 e. The van der Waals surface area contributed by atoms with Gasteiger partial charge in [-0.3, -0.25) is 9.69 Å². The Balaban J connectivity index is 2.13. The molecule has 0 aromatic carbocycles. The van der Waals surface area contributed by atoms with Gasteiger partial charge in [0.1, 0.15) is 0 Å². The van der Waals surface area contributed by atoms with Gasteiger partial charge in [0.2, 0.25) is 0 Å². The predicted molar refractivity (Wildman–Crippen MR) is 57.7 cm³/mol. The van der Waals surface area contributed by atoms with Crippen molar-refractivity contribution >= 4 is 5.97 Å². The molecule has 4 nitrogen and oxygen atoms in total. The summed E-state index contributed by atoms with van der Waals surface area (Å²) >= 11 is 0. The van der Waals surface area contributed by atoms with Crippen LogP contribution in [0.3, 0.4) is 0 Å². The number of carbonyl (C=O) groups is 1. The summed E-state index contributed by atoms with van der Waals surface area (Å²) in [6, 6.07) is 0. The van der Waals surface area contributed by atoms with Crippen LogP contribution < -0.4 is 0 Å². The minimum absolute atomic E-state index is 0.113. The second kappa shape index (κ2) is 6.80. The molecule has 0 N–H and O–H groups in total. The Bertz CT molecular complexity index is 196. The van der Waals surface area contributed by atoms with E-state index in [2.05, 4.69) is 11.8 Å². The van der Waals surface area contributed by atoms with Crippen LogP contribution in [0.15, 0.2) is 0 Å². The molecule has 0 aromatic rings. The van der Waals surface area contributed by atoms with E-state index >= 15 is 0 Å². The van der Waals surface area contributed by atoms with Crippen molar-refractivity contribution in [1.29, 1.82) is 0 Å². The second-order valence-corrected chi connectivity index (χ2v) is 3.99. The average Bonchev–Trinajstić information content (AvgIpc) is 2.18. The first kappa shape index (κ1) is 12.5. The molecule has 88 valence electrons. The van der Waals surface area contributed by atoms with Crippen molar-refractivity contribution in [2.75, 3.05) is 32.8 Å². The van der Waals surface area contributed by atoms with Gasteiger partial charge in [0.25, 0.3) is 0 Å². The Hall–Kier alpha value is -0.610. The first-order chi connectivity index (χ1) is 7.22. The van der Waals surface area contributed by atoms with Crippen LogP contribution >= 0.6 is 0 Å². The third-order valence-corrected chi connectivity index (χ3v) is 2.44. The topological polar surface area (TPSA) is 38.8 Å². The van der Waals surface area contributed by atoms with Gasteiger partial charge in [-0.1, -0.05) is 13.3 Å². The summed E-state index contributed by atoms with van der Waals surface area (Å²) in [6.07, 6.45) is 2.23. The molecule has 4 heteroatoms. The van der Waals surface area contributed by atoms with Crippen LogP contribution in [0.2, 0.25) is 0 Å². The number of unbranched alkanes of at least 4 members (excludes halogenated alkanes) is 1. The lowest BCUT2D eigenvalue weighted by molar-refractivity contribution is -0.146. The fraction of sp³-hybridized carbons (Fsp3) is 0.909. The molecule has 15 heavy (non-hydrogen) atoms. The highest BCUT2D eigenvalue weighted by atomic mass is 16.5. The van der Waals surface area contributed by atoms with Gasteiger partial charge < -0.3 is 9.47 Å². The molecule has 0 saturated carbocycles. The number of carbonyl (C=O) groups excluding carboxylic acids is 1. The standard InChI is InChI=1S/C11H21NO3/c1-3-4-6-15-11(13)9-12-5-7-14-10(2)8-12/h10H,3-9H2,1-2H3. The minimum atomic E-state index is -0.113. The molecule has 1 atom stereocenters. The Morgan fingerprint density at radius 1 is 1.60 bits per heavy atom. The van der Waals surface area contributed by atoms with Gasteiger partial charge in [0.05, 0.1) is 25.9 Å². The Morgan fingerprint density at radius 3 is 3.07 bits per heavy atom. The normalized spacial score (nSPS) is 22.7. The zero-order valence-electron chi connectivity index (χ0n) is 9.70. The largest absolute Gasteiger partial charge is 0.465 e. The van der Waals surface area contributed by atoms with E-state index in [-0.39, 0.29) is 12.1 Å². The summed E-state index contributed by atoms with van der Waals surface area (Å²) in [5.41, 5.74) is 0. The highest BCUT2D eigenvalue weighted by molar-refractivity contribution is 5.71. The van der Waals surface area contributed by atoms with Crippen LogP contribution in [-0.4, -0.2) is 49.8 Å². The molecule has 1 saturated heterocycles. The lowest BCUT2D eigenvalue weighted by Crippen LogP contribution is -2.43. The fourth-order valence-electron chi connectivity index (χ4n) is 1.59. The average molecular weight is 215 g/mol. The van der Waals surface area contributed by atoms with E-state index in [4.69, 9.17) is 9.47 Å². The number of hydrogen-bond acceptors (Lipinski definition) is 4. The van der Waals surface area contributed by atoms with E-state index in [1.165, 1.54) is 0 Å². The summed E-state index contributed by atoms with van der Waals surface area (Å²) in [4.78, 5) is 13.5. The van der Waals surface area contributed by atoms with E-state index in [0.29, 0.717) is 19.8 Å². The van der Waals surface area contributed by atoms with Gasteiger partial charge in [-0.2, -0.15) is 0 Å². The molecular formula is C11H21NO3. The number of esters is 1. The van der Waals surface area contributed by atoms with E-state index in [9.17, 15) is 4.79 Å². The van der Waals surface area contributed by atoms with Crippen molar-refractivity contribution in [2.45, 2.75) is 32.8 Å². The maximum Gasteiger partial charge on any atom is 0.320 e. The van der Waals surface area contributed by atoms with Gasteiger partial charge in [-0.15, -0.1) is 0 Å². The van der Waals surface area contributed by atoms with Crippen LogP contribution in [-0.2, 0) is 14.3 Å². The highest BCUT2D eigenvalue weighted by Gasteiger charge is 2.19. The number of nitrogens with zero attached hydrogens (tertiary/aromatic N) is 1. The van der Waals surface area contributed by atoms with Crippen LogP contribution in [0, 0.1) is 0 Å². The summed E-state index contributed by atoms with van der Waals surface area (Å²) in [7, 11) is 0. The van der Waals surface area contributed by atoms with Crippen LogP contribution in [0.1, 0.15) is 26.7 Å². The predicted octanol–water partition coefficient (Wildman–Crippen LogP) is 1.05. The molecule has 1 rings (SSSR count). The summed E-state index contributed by atoms with van der Waals surface area (Å²) < 4.78 is 10.5. The zero-order chi connectivity index (χ0) is 11.1. The zero-order valence-corrected chi connectivity index (χ0v) is 9.70. The molecule has 1 aliphatic rings. The molecule has 0 radical (unpaired) electrons. The fourth-order valence-corrected chi connectivity index (χ4v) is 1.59. The maximum absolute atomic E-state index is 11.4. The summed E-state index contributed by atoms with van der Waals surface area (Å²) in [5, 5.41) is 0. The molecule has 1 aliphatic heterocycles. The third kappa shape index (κ3) is 5.14. The summed E-state index contributed by atoms with van der Waals surface area (Å²) in [6.45, 7) is 7.41. The van der Waals surface area contributed by atoms with Gasteiger partial charge in [-0.25, -0.2) is 0 Å². The van der Waals surface area contributed by atoms with Gasteiger partial charge >= 0.3 is 5.97 Å². The maximum atomic E-state index is 11.4. The summed E-state index contributed by atoms with van der Waals surface area (Å²) in [5.74, 6) is -0.113. The van der Waals surface area contributed by atoms with Crippen molar-refractivity contribution in [2.24, 2.45) is 0 Å². The molecule has 0 amide bonds. The highest BCUT2D eigenvalue weighted by Crippen LogP contribution is 2.04. The molecule has 0 bridgehead atoms. The first-order valence-corrected chi connectivity index (χ1v) is 5.72. The minimum Gasteiger partial charge on any atom is -0.465 e. The second-order valence-electron chi connectivity index (χ2n) is 3.99. The Labute approximate surface area is 91.5 Å².